The Morgan fingerprint density at radius 1 is 1.19 bits per heavy atom. The van der Waals surface area contributed by atoms with Gasteiger partial charge in [0.15, 0.2) is 0 Å². The Bertz CT molecular complexity index is 389. The van der Waals surface area contributed by atoms with Crippen molar-refractivity contribution in [3.63, 3.8) is 0 Å². The summed E-state index contributed by atoms with van der Waals surface area (Å²) in [4.78, 5) is 4.37. The van der Waals surface area contributed by atoms with Crippen LogP contribution in [0, 0.1) is 5.92 Å². The summed E-state index contributed by atoms with van der Waals surface area (Å²) >= 11 is 0. The Morgan fingerprint density at radius 3 is 2.19 bits per heavy atom. The minimum absolute atomic E-state index is 0.470. The number of nitrogens with two attached hydrogens (primary N) is 1. The molecular weight excluding hydrogens is 204 g/mol. The average molecular weight is 220 g/mol. The molecule has 2 rings (SSSR count). The third-order valence-corrected chi connectivity index (χ3v) is 2.59. The van der Waals surface area contributed by atoms with Gasteiger partial charge in [-0.2, -0.15) is 0 Å². The van der Waals surface area contributed by atoms with E-state index in [4.69, 9.17) is 15.2 Å². The molecule has 0 heterocycles. The molecule has 0 aromatic heterocycles. The molecule has 1 saturated carbocycles. The number of hydrogen-bond donors (Lipinski definition) is 1. The number of amidine groups is 1. The summed E-state index contributed by atoms with van der Waals surface area (Å²) in [5.74, 6) is 2.62. The SMILES string of the molecule is COc1cc(N=C(N)C2CC2)cc(OC)c1. The second-order valence-corrected chi connectivity index (χ2v) is 3.88. The van der Waals surface area contributed by atoms with E-state index < -0.39 is 0 Å². The highest BCUT2D eigenvalue weighted by Crippen LogP contribution is 2.32. The van der Waals surface area contributed by atoms with E-state index in [1.54, 1.807) is 14.2 Å². The fraction of sp³-hybridized carbons (Fsp3) is 0.417. The Hall–Kier alpha value is -1.71. The highest BCUT2D eigenvalue weighted by molar-refractivity contribution is 5.87. The van der Waals surface area contributed by atoms with E-state index in [-0.39, 0.29) is 0 Å². The molecular formula is C12H16N2O2. The van der Waals surface area contributed by atoms with Crippen molar-refractivity contribution in [1.82, 2.24) is 0 Å². The first-order valence-electron chi connectivity index (χ1n) is 5.30. The molecule has 0 aliphatic heterocycles. The molecule has 2 N–H and O–H groups in total. The van der Waals surface area contributed by atoms with Crippen LogP contribution in [-0.2, 0) is 0 Å². The second kappa shape index (κ2) is 4.43. The van der Waals surface area contributed by atoms with Gasteiger partial charge < -0.3 is 15.2 Å². The van der Waals surface area contributed by atoms with Crippen molar-refractivity contribution >= 4 is 11.5 Å². The van der Waals surface area contributed by atoms with E-state index in [1.807, 2.05) is 18.2 Å². The molecule has 0 unspecified atom stereocenters. The van der Waals surface area contributed by atoms with Crippen molar-refractivity contribution in [1.29, 1.82) is 0 Å². The highest BCUT2D eigenvalue weighted by Gasteiger charge is 2.25. The van der Waals surface area contributed by atoms with Crippen LogP contribution < -0.4 is 15.2 Å². The van der Waals surface area contributed by atoms with Gasteiger partial charge in [-0.1, -0.05) is 0 Å². The van der Waals surface area contributed by atoms with Crippen molar-refractivity contribution < 1.29 is 9.47 Å². The second-order valence-electron chi connectivity index (χ2n) is 3.88. The molecule has 1 aromatic carbocycles. The van der Waals surface area contributed by atoms with E-state index in [1.165, 1.54) is 0 Å². The monoisotopic (exact) mass is 220 g/mol. The number of hydrogen-bond acceptors (Lipinski definition) is 3. The van der Waals surface area contributed by atoms with Crippen LogP contribution in [0.1, 0.15) is 12.8 Å². The zero-order chi connectivity index (χ0) is 11.5. The number of methoxy groups -OCH3 is 2. The molecule has 1 aromatic rings. The van der Waals surface area contributed by atoms with Gasteiger partial charge in [-0.15, -0.1) is 0 Å². The summed E-state index contributed by atoms with van der Waals surface area (Å²) in [5, 5.41) is 0. The summed E-state index contributed by atoms with van der Waals surface area (Å²) in [6.45, 7) is 0. The molecule has 86 valence electrons. The van der Waals surface area contributed by atoms with Gasteiger partial charge in [-0.3, -0.25) is 0 Å². The first kappa shape index (κ1) is 10.8. The molecule has 0 spiro atoms. The van der Waals surface area contributed by atoms with Crippen LogP contribution >= 0.6 is 0 Å². The summed E-state index contributed by atoms with van der Waals surface area (Å²) in [6, 6.07) is 5.50. The lowest BCUT2D eigenvalue weighted by molar-refractivity contribution is 0.394. The summed E-state index contributed by atoms with van der Waals surface area (Å²) < 4.78 is 10.3. The van der Waals surface area contributed by atoms with E-state index in [0.29, 0.717) is 11.8 Å². The van der Waals surface area contributed by atoms with Crippen molar-refractivity contribution in [3.05, 3.63) is 18.2 Å². The van der Waals surface area contributed by atoms with Crippen LogP contribution in [-0.4, -0.2) is 20.1 Å². The van der Waals surface area contributed by atoms with Gasteiger partial charge >= 0.3 is 0 Å². The van der Waals surface area contributed by atoms with E-state index >= 15 is 0 Å². The van der Waals surface area contributed by atoms with E-state index in [0.717, 1.165) is 30.0 Å². The highest BCUT2D eigenvalue weighted by atomic mass is 16.5. The third kappa shape index (κ3) is 2.45. The molecule has 0 bridgehead atoms. The van der Waals surface area contributed by atoms with Crippen molar-refractivity contribution in [2.45, 2.75) is 12.8 Å². The normalized spacial score (nSPS) is 16.0. The van der Waals surface area contributed by atoms with Crippen LogP contribution in [0.3, 0.4) is 0 Å². The predicted molar refractivity (Wildman–Crippen MR) is 63.6 cm³/mol. The quantitative estimate of drug-likeness (QED) is 0.624. The molecule has 4 nitrogen and oxygen atoms in total. The molecule has 1 aliphatic rings. The lowest BCUT2D eigenvalue weighted by Gasteiger charge is -2.06. The summed E-state index contributed by atoms with van der Waals surface area (Å²) in [5.41, 5.74) is 6.64. The summed E-state index contributed by atoms with van der Waals surface area (Å²) in [6.07, 6.45) is 2.30. The van der Waals surface area contributed by atoms with Crippen molar-refractivity contribution in [3.8, 4) is 11.5 Å². The minimum atomic E-state index is 0.470. The topological polar surface area (TPSA) is 56.8 Å². The van der Waals surface area contributed by atoms with Crippen LogP contribution in [0.4, 0.5) is 5.69 Å². The molecule has 1 fully saturated rings. The zero-order valence-corrected chi connectivity index (χ0v) is 9.56. The average Bonchev–Trinajstić information content (AvgIpc) is 3.12. The number of nitrogens with zero attached hydrogens (tertiary/aromatic N) is 1. The van der Waals surface area contributed by atoms with Gasteiger partial charge in [-0.05, 0) is 12.8 Å². The maximum Gasteiger partial charge on any atom is 0.124 e. The Balaban J connectivity index is 2.28. The van der Waals surface area contributed by atoms with Gasteiger partial charge in [0.05, 0.1) is 19.9 Å². The van der Waals surface area contributed by atoms with Gasteiger partial charge in [0, 0.05) is 24.1 Å². The van der Waals surface area contributed by atoms with Crippen molar-refractivity contribution in [2.24, 2.45) is 16.6 Å². The maximum absolute atomic E-state index is 5.86. The Morgan fingerprint density at radius 2 is 1.75 bits per heavy atom. The van der Waals surface area contributed by atoms with Gasteiger partial charge in [-0.25, -0.2) is 4.99 Å². The van der Waals surface area contributed by atoms with Gasteiger partial charge in [0.1, 0.15) is 17.3 Å². The molecule has 1 aliphatic carbocycles. The number of rotatable bonds is 4. The minimum Gasteiger partial charge on any atom is -0.497 e. The van der Waals surface area contributed by atoms with Crippen molar-refractivity contribution in [2.75, 3.05) is 14.2 Å². The Kier molecular flexibility index (Phi) is 2.99. The fourth-order valence-electron chi connectivity index (χ4n) is 1.48. The van der Waals surface area contributed by atoms with Crippen LogP contribution in [0.2, 0.25) is 0 Å². The molecule has 0 amide bonds. The molecule has 0 atom stereocenters. The largest absolute Gasteiger partial charge is 0.497 e. The first-order valence-corrected chi connectivity index (χ1v) is 5.30. The Labute approximate surface area is 95.1 Å². The third-order valence-electron chi connectivity index (χ3n) is 2.59. The van der Waals surface area contributed by atoms with Crippen LogP contribution in [0.25, 0.3) is 0 Å². The molecule has 4 heteroatoms. The standard InChI is InChI=1S/C12H16N2O2/c1-15-10-5-9(6-11(7-10)16-2)14-12(13)8-3-4-8/h5-8H,3-4H2,1-2H3,(H2,13,14). The molecule has 0 saturated heterocycles. The first-order chi connectivity index (χ1) is 7.72. The molecule has 16 heavy (non-hydrogen) atoms. The predicted octanol–water partition coefficient (Wildman–Crippen LogP) is 2.10. The summed E-state index contributed by atoms with van der Waals surface area (Å²) in [7, 11) is 3.24. The fourth-order valence-corrected chi connectivity index (χ4v) is 1.48. The lowest BCUT2D eigenvalue weighted by atomic mass is 10.2. The van der Waals surface area contributed by atoms with E-state index in [2.05, 4.69) is 4.99 Å². The smallest absolute Gasteiger partial charge is 0.124 e. The molecule has 0 radical (unpaired) electrons. The number of aliphatic imine (C=N–C) groups is 1. The van der Waals surface area contributed by atoms with Gasteiger partial charge in [0.25, 0.3) is 0 Å². The lowest BCUT2D eigenvalue weighted by Crippen LogP contribution is -2.12. The number of benzene rings is 1. The van der Waals surface area contributed by atoms with Crippen LogP contribution in [0.5, 0.6) is 11.5 Å². The maximum atomic E-state index is 5.86. The zero-order valence-electron chi connectivity index (χ0n) is 9.56. The number of ether oxygens (including phenoxy) is 2. The van der Waals surface area contributed by atoms with Gasteiger partial charge in [0.2, 0.25) is 0 Å². The van der Waals surface area contributed by atoms with E-state index in [9.17, 15) is 0 Å². The van der Waals surface area contributed by atoms with Crippen LogP contribution in [0.15, 0.2) is 23.2 Å².